The summed E-state index contributed by atoms with van der Waals surface area (Å²) in [5.41, 5.74) is 67.2. The van der Waals surface area contributed by atoms with Crippen LogP contribution >= 0.6 is 0 Å². The van der Waals surface area contributed by atoms with E-state index in [9.17, 15) is 0 Å². The molecule has 115 heavy (non-hydrogen) atoms. The first-order chi connectivity index (χ1) is 55.8. The van der Waals surface area contributed by atoms with Crippen molar-refractivity contribution in [3.05, 3.63) is 203 Å². The van der Waals surface area contributed by atoms with E-state index in [0.29, 0.717) is 23.7 Å². The minimum Gasteiger partial charge on any atom is -0.0679 e. The van der Waals surface area contributed by atoms with Crippen LogP contribution in [-0.4, -0.2) is 0 Å². The standard InChI is InChI=1S/C115H158/c1-31-68-62-99-102(113(77(68)37-7)104-67(30)75(35-5)74(34-4)66(29)76(104)36-6)65-103-112(99)89(49-19)84(44-14)90(50-20)115(103)109-70(33-3)64-101-100-63-69(32-2)108(97(57-27)110(100)93(53-23)94(54-24)111(101)98(109)58-28)114-95(55-25)91(51-21)107(92(52-22)96(114)56-26)73-60-71(105-85(45-15)80(40-10)78(38-8)81(41-11)86(105)46-16)59-72(61-73)106-87(47-17)82(42-12)79(39-9)83(43-13)88(106)48-18/h59-64,66-67,76,104H,31-58,65H2,1-30H3/t66-,67+,76?,104?/m1/s1. The highest BCUT2D eigenvalue weighted by Gasteiger charge is 2.44. The van der Waals surface area contributed by atoms with Gasteiger partial charge in [-0.3, -0.25) is 0 Å². The van der Waals surface area contributed by atoms with Crippen LogP contribution in [0.25, 0.3) is 88.3 Å². The molecule has 0 aromatic heterocycles. The second kappa shape index (κ2) is 38.1. The fourth-order valence-corrected chi connectivity index (χ4v) is 26.3. The molecule has 0 N–H and O–H groups in total. The molecule has 0 saturated carbocycles. The lowest BCUT2D eigenvalue weighted by Gasteiger charge is -2.45. The van der Waals surface area contributed by atoms with Crippen LogP contribution in [0.3, 0.4) is 0 Å². The van der Waals surface area contributed by atoms with E-state index in [2.05, 4.69) is 244 Å². The van der Waals surface area contributed by atoms with Crippen molar-refractivity contribution in [3.63, 3.8) is 0 Å². The number of fused-ring (bicyclic) bond motifs is 6. The van der Waals surface area contributed by atoms with Crippen molar-refractivity contribution in [3.8, 4) is 66.8 Å². The Morgan fingerprint density at radius 2 is 0.496 bits per heavy atom. The number of aryl methyl sites for hydroxylation is 7. The predicted octanol–water partition coefficient (Wildman–Crippen LogP) is 32.5. The highest BCUT2D eigenvalue weighted by molar-refractivity contribution is 6.17. The van der Waals surface area contributed by atoms with Crippen molar-refractivity contribution in [1.29, 1.82) is 0 Å². The van der Waals surface area contributed by atoms with Gasteiger partial charge in [-0.1, -0.05) is 231 Å². The second-order valence-corrected chi connectivity index (χ2v) is 34.6. The molecule has 618 valence electrons. The molecule has 0 aliphatic heterocycles. The maximum absolute atomic E-state index is 2.82. The molecule has 2 aliphatic carbocycles. The van der Waals surface area contributed by atoms with Gasteiger partial charge in [0.2, 0.25) is 0 Å². The zero-order chi connectivity index (χ0) is 83.6. The summed E-state index contributed by atoms with van der Waals surface area (Å²) in [6.45, 7) is 74.8. The summed E-state index contributed by atoms with van der Waals surface area (Å²) in [4.78, 5) is 0. The van der Waals surface area contributed by atoms with E-state index in [1.54, 1.807) is 217 Å². The van der Waals surface area contributed by atoms with E-state index in [-0.39, 0.29) is 0 Å². The molecule has 0 heterocycles. The van der Waals surface area contributed by atoms with E-state index >= 15 is 0 Å². The van der Waals surface area contributed by atoms with Gasteiger partial charge in [-0.05, 0) is 478 Å². The fourth-order valence-electron chi connectivity index (χ4n) is 26.3. The van der Waals surface area contributed by atoms with Gasteiger partial charge >= 0.3 is 0 Å². The molecule has 0 spiro atoms. The molecule has 11 rings (SSSR count). The van der Waals surface area contributed by atoms with Gasteiger partial charge in [0.15, 0.2) is 0 Å². The summed E-state index contributed by atoms with van der Waals surface area (Å²) in [5.74, 6) is 2.25. The van der Waals surface area contributed by atoms with Crippen LogP contribution in [0.5, 0.6) is 0 Å². The molecule has 2 aliphatic rings. The molecule has 0 saturated heterocycles. The minimum atomic E-state index is 0.509. The molecular formula is C115H158. The largest absolute Gasteiger partial charge is 0.0679 e. The normalized spacial score (nSPS) is 15.6. The number of allylic oxidation sites excluding steroid dienone is 2. The Morgan fingerprint density at radius 3 is 0.809 bits per heavy atom. The zero-order valence-corrected chi connectivity index (χ0v) is 79.3. The molecule has 9 aromatic rings. The molecule has 0 amide bonds. The maximum atomic E-state index is 2.82. The van der Waals surface area contributed by atoms with Gasteiger partial charge in [0.25, 0.3) is 0 Å². The monoisotopic (exact) mass is 1540 g/mol. The highest BCUT2D eigenvalue weighted by Crippen LogP contribution is 2.60. The molecule has 0 bridgehead atoms. The Morgan fingerprint density at radius 1 is 0.217 bits per heavy atom. The highest BCUT2D eigenvalue weighted by atomic mass is 14.5. The van der Waals surface area contributed by atoms with Crippen molar-refractivity contribution < 1.29 is 0 Å². The quantitative estimate of drug-likeness (QED) is 0.0279. The van der Waals surface area contributed by atoms with Gasteiger partial charge in [0.05, 0.1) is 0 Å². The lowest BCUT2D eigenvalue weighted by molar-refractivity contribution is 0.241. The summed E-state index contributed by atoms with van der Waals surface area (Å²) in [6.07, 6.45) is 30.4. The van der Waals surface area contributed by atoms with E-state index in [4.69, 9.17) is 0 Å². The van der Waals surface area contributed by atoms with E-state index in [1.807, 2.05) is 0 Å². The minimum absolute atomic E-state index is 0.509. The van der Waals surface area contributed by atoms with E-state index in [1.165, 1.54) is 51.4 Å². The lowest BCUT2D eigenvalue weighted by atomic mass is 9.59. The van der Waals surface area contributed by atoms with Gasteiger partial charge in [0, 0.05) is 0 Å². The summed E-state index contributed by atoms with van der Waals surface area (Å²) >= 11 is 0. The Hall–Kier alpha value is -6.76. The smallest absolute Gasteiger partial charge is 0.000412 e. The summed E-state index contributed by atoms with van der Waals surface area (Å²) in [5, 5.41) is 6.16. The fraction of sp³-hybridized carbons (Fsp3) is 0.548. The molecule has 0 nitrogen and oxygen atoms in total. The maximum Gasteiger partial charge on any atom is -0.000412 e. The van der Waals surface area contributed by atoms with Crippen LogP contribution < -0.4 is 0 Å². The van der Waals surface area contributed by atoms with Crippen molar-refractivity contribution in [2.45, 2.75) is 400 Å². The first kappa shape index (κ1) is 89.0. The van der Waals surface area contributed by atoms with Gasteiger partial charge in [-0.2, -0.15) is 0 Å². The molecule has 2 unspecified atom stereocenters. The summed E-state index contributed by atoms with van der Waals surface area (Å²) in [7, 11) is 0. The number of benzene rings is 9. The van der Waals surface area contributed by atoms with Crippen molar-refractivity contribution in [1.82, 2.24) is 0 Å². The number of hydrogen-bond donors (Lipinski definition) is 0. The van der Waals surface area contributed by atoms with E-state index in [0.717, 1.165) is 173 Å². The first-order valence-electron chi connectivity index (χ1n) is 48.7. The third-order valence-electron chi connectivity index (χ3n) is 30.5. The van der Waals surface area contributed by atoms with Gasteiger partial charge in [0.1, 0.15) is 0 Å². The van der Waals surface area contributed by atoms with Crippen LogP contribution in [0.2, 0.25) is 0 Å². The predicted molar refractivity (Wildman–Crippen MR) is 514 cm³/mol. The SMILES string of the molecule is CCC1=C(CC)[C@H](C)C(c2c(CC)c(CC)cc3c2Cc2c-3c(CC)c(CC)c(CC)c2-c2c(CC)cc3c(c2CC)c(CC)c(CC)c2c(CC)c(-c4c(CC)c(CC)c(-c5cc(-c6c(CC)c(CC)c(CC)c(CC)c6CC)cc(-c6c(CC)c(CC)c(CC)c(CC)c6CC)c5)c(CC)c4CC)c(CC)cc23)C(CC)[C@@H]1C. The third kappa shape index (κ3) is 14.2. The molecule has 4 atom stereocenters. The number of hydrogen-bond acceptors (Lipinski definition) is 0. The first-order valence-corrected chi connectivity index (χ1v) is 48.7. The molecule has 0 heteroatoms. The van der Waals surface area contributed by atoms with Crippen LogP contribution in [-0.2, 0) is 167 Å². The third-order valence-corrected chi connectivity index (χ3v) is 30.5. The summed E-state index contributed by atoms with van der Waals surface area (Å²) < 4.78 is 0. The van der Waals surface area contributed by atoms with Crippen molar-refractivity contribution in [2.75, 3.05) is 0 Å². The average molecular weight is 1540 g/mol. The molecular weight excluding hydrogens is 1380 g/mol. The second-order valence-electron chi connectivity index (χ2n) is 34.6. The topological polar surface area (TPSA) is 0 Å². The Kier molecular flexibility index (Phi) is 29.5. The molecule has 9 aromatic carbocycles. The Balaban J connectivity index is 1.26. The van der Waals surface area contributed by atoms with Gasteiger partial charge < -0.3 is 0 Å². The van der Waals surface area contributed by atoms with Crippen LogP contribution in [0.15, 0.2) is 47.5 Å². The summed E-state index contributed by atoms with van der Waals surface area (Å²) in [6, 6.07) is 16.6. The van der Waals surface area contributed by atoms with Crippen LogP contribution in [0.4, 0.5) is 0 Å². The van der Waals surface area contributed by atoms with Gasteiger partial charge in [-0.15, -0.1) is 0 Å². The molecule has 0 radical (unpaired) electrons. The Bertz CT molecular complexity index is 4960. The van der Waals surface area contributed by atoms with E-state index < -0.39 is 0 Å². The van der Waals surface area contributed by atoms with Crippen molar-refractivity contribution in [2.24, 2.45) is 17.8 Å². The van der Waals surface area contributed by atoms with Crippen molar-refractivity contribution >= 4 is 21.5 Å². The average Bonchev–Trinajstić information content (AvgIpc) is 1.43. The zero-order valence-electron chi connectivity index (χ0n) is 79.3. The number of rotatable bonds is 34. The van der Waals surface area contributed by atoms with Gasteiger partial charge in [-0.25, -0.2) is 0 Å². The van der Waals surface area contributed by atoms with Crippen LogP contribution in [0.1, 0.15) is 389 Å². The molecule has 0 fully saturated rings. The lowest BCUT2D eigenvalue weighted by Crippen LogP contribution is -2.34. The van der Waals surface area contributed by atoms with Crippen LogP contribution in [0, 0.1) is 17.8 Å². The Labute approximate surface area is 704 Å².